The maximum absolute atomic E-state index is 12.5. The van der Waals surface area contributed by atoms with Gasteiger partial charge in [0.2, 0.25) is 0 Å². The van der Waals surface area contributed by atoms with Crippen LogP contribution in [0.5, 0.6) is 5.75 Å². The van der Waals surface area contributed by atoms with Crippen molar-refractivity contribution >= 4 is 11.8 Å². The number of aryl methyl sites for hydroxylation is 1. The van der Waals surface area contributed by atoms with Crippen molar-refractivity contribution in [2.45, 2.75) is 38.6 Å². The van der Waals surface area contributed by atoms with Crippen LogP contribution in [0.4, 0.5) is 0 Å². The molecule has 0 radical (unpaired) electrons. The maximum Gasteiger partial charge on any atom is 0.258 e. The quantitative estimate of drug-likeness (QED) is 0.800. The van der Waals surface area contributed by atoms with Crippen molar-refractivity contribution in [3.05, 3.63) is 65.7 Å². The second-order valence-electron chi connectivity index (χ2n) is 7.18. The summed E-state index contributed by atoms with van der Waals surface area (Å²) in [7, 11) is 0. The number of rotatable bonds is 7. The first kappa shape index (κ1) is 19.9. The molecule has 0 unspecified atom stereocenters. The van der Waals surface area contributed by atoms with Crippen LogP contribution in [-0.4, -0.2) is 42.5 Å². The molecule has 0 spiro atoms. The molecule has 1 N–H and O–H groups in total. The van der Waals surface area contributed by atoms with E-state index in [1.807, 2.05) is 59.5 Å². The molecular weight excluding hydrogens is 352 g/mol. The summed E-state index contributed by atoms with van der Waals surface area (Å²) in [5.41, 5.74) is 1.99. The first-order valence-corrected chi connectivity index (χ1v) is 10.0. The summed E-state index contributed by atoms with van der Waals surface area (Å²) >= 11 is 0. The number of carbonyl (C=O) groups is 2. The molecule has 0 bridgehead atoms. The van der Waals surface area contributed by atoms with Gasteiger partial charge < -0.3 is 15.0 Å². The van der Waals surface area contributed by atoms with Crippen molar-refractivity contribution in [1.29, 1.82) is 0 Å². The standard InChI is InChI=1S/C23H28N2O3/c1-2-6-18-9-11-21(12-10-18)28-17-22(26)24-20-13-15-25(16-14-20)23(27)19-7-4-3-5-8-19/h3-5,7-12,20H,2,6,13-17H2,1H3,(H,24,26). The van der Waals surface area contributed by atoms with Gasteiger partial charge in [0, 0.05) is 24.7 Å². The molecule has 1 aliphatic heterocycles. The van der Waals surface area contributed by atoms with E-state index in [2.05, 4.69) is 12.2 Å². The van der Waals surface area contributed by atoms with E-state index in [0.717, 1.165) is 25.7 Å². The SMILES string of the molecule is CCCc1ccc(OCC(=O)NC2CCN(C(=O)c3ccccc3)CC2)cc1. The minimum absolute atomic E-state index is 0.0102. The third kappa shape index (κ3) is 5.59. The maximum atomic E-state index is 12.5. The number of likely N-dealkylation sites (tertiary alicyclic amines) is 1. The zero-order valence-electron chi connectivity index (χ0n) is 16.4. The Hall–Kier alpha value is -2.82. The van der Waals surface area contributed by atoms with Crippen LogP contribution in [0.2, 0.25) is 0 Å². The number of ether oxygens (including phenoxy) is 1. The van der Waals surface area contributed by atoms with Crippen LogP contribution >= 0.6 is 0 Å². The van der Waals surface area contributed by atoms with E-state index < -0.39 is 0 Å². The van der Waals surface area contributed by atoms with E-state index in [9.17, 15) is 9.59 Å². The molecule has 148 valence electrons. The van der Waals surface area contributed by atoms with E-state index in [1.165, 1.54) is 5.56 Å². The lowest BCUT2D eigenvalue weighted by Gasteiger charge is -2.32. The van der Waals surface area contributed by atoms with Crippen LogP contribution < -0.4 is 10.1 Å². The molecule has 0 saturated carbocycles. The molecule has 2 aromatic carbocycles. The molecule has 5 heteroatoms. The Labute approximate surface area is 166 Å². The van der Waals surface area contributed by atoms with Crippen LogP contribution in [0.25, 0.3) is 0 Å². The van der Waals surface area contributed by atoms with Gasteiger partial charge in [0.1, 0.15) is 5.75 Å². The lowest BCUT2D eigenvalue weighted by molar-refractivity contribution is -0.124. The van der Waals surface area contributed by atoms with E-state index in [-0.39, 0.29) is 24.5 Å². The van der Waals surface area contributed by atoms with E-state index in [4.69, 9.17) is 4.74 Å². The molecular formula is C23H28N2O3. The van der Waals surface area contributed by atoms with Crippen molar-refractivity contribution in [2.24, 2.45) is 0 Å². The monoisotopic (exact) mass is 380 g/mol. The zero-order chi connectivity index (χ0) is 19.8. The first-order chi connectivity index (χ1) is 13.7. The third-order valence-corrected chi connectivity index (χ3v) is 5.00. The van der Waals surface area contributed by atoms with Gasteiger partial charge in [-0.2, -0.15) is 0 Å². The van der Waals surface area contributed by atoms with Gasteiger partial charge in [-0.15, -0.1) is 0 Å². The Kier molecular flexibility index (Phi) is 7.06. The van der Waals surface area contributed by atoms with Crippen molar-refractivity contribution < 1.29 is 14.3 Å². The number of piperidine rings is 1. The first-order valence-electron chi connectivity index (χ1n) is 10.0. The highest BCUT2D eigenvalue weighted by molar-refractivity contribution is 5.94. The van der Waals surface area contributed by atoms with E-state index in [1.54, 1.807) is 0 Å². The number of carbonyl (C=O) groups excluding carboxylic acids is 2. The molecule has 1 heterocycles. The minimum Gasteiger partial charge on any atom is -0.484 e. The van der Waals surface area contributed by atoms with Gasteiger partial charge >= 0.3 is 0 Å². The summed E-state index contributed by atoms with van der Waals surface area (Å²) in [6, 6.07) is 17.3. The second-order valence-corrected chi connectivity index (χ2v) is 7.18. The zero-order valence-corrected chi connectivity index (χ0v) is 16.4. The van der Waals surface area contributed by atoms with Gasteiger partial charge in [0.05, 0.1) is 0 Å². The number of hydrogen-bond donors (Lipinski definition) is 1. The van der Waals surface area contributed by atoms with Gasteiger partial charge in [-0.3, -0.25) is 9.59 Å². The topological polar surface area (TPSA) is 58.6 Å². The number of amides is 2. The summed E-state index contributed by atoms with van der Waals surface area (Å²) in [6.07, 6.45) is 3.68. The molecule has 0 aromatic heterocycles. The van der Waals surface area contributed by atoms with Gasteiger partial charge in [0.15, 0.2) is 6.61 Å². The van der Waals surface area contributed by atoms with Gasteiger partial charge in [0.25, 0.3) is 11.8 Å². The summed E-state index contributed by atoms with van der Waals surface area (Å²) in [4.78, 5) is 26.5. The highest BCUT2D eigenvalue weighted by Gasteiger charge is 2.24. The number of hydrogen-bond acceptors (Lipinski definition) is 3. The average molecular weight is 380 g/mol. The fourth-order valence-corrected chi connectivity index (χ4v) is 3.45. The number of benzene rings is 2. The van der Waals surface area contributed by atoms with Gasteiger partial charge in [-0.05, 0) is 49.1 Å². The Balaban J connectivity index is 1.39. The molecule has 5 nitrogen and oxygen atoms in total. The number of nitrogens with one attached hydrogen (secondary N) is 1. The lowest BCUT2D eigenvalue weighted by atomic mass is 10.0. The van der Waals surface area contributed by atoms with E-state index >= 15 is 0 Å². The second kappa shape index (κ2) is 9.93. The fraction of sp³-hybridized carbons (Fsp3) is 0.391. The normalized spacial score (nSPS) is 14.5. The highest BCUT2D eigenvalue weighted by Crippen LogP contribution is 2.15. The molecule has 28 heavy (non-hydrogen) atoms. The molecule has 1 aliphatic rings. The van der Waals surface area contributed by atoms with Gasteiger partial charge in [-0.1, -0.05) is 43.7 Å². The Morgan fingerprint density at radius 2 is 1.71 bits per heavy atom. The van der Waals surface area contributed by atoms with Crippen LogP contribution in [0.3, 0.4) is 0 Å². The molecule has 0 aliphatic carbocycles. The van der Waals surface area contributed by atoms with Crippen LogP contribution in [0.15, 0.2) is 54.6 Å². The number of nitrogens with zero attached hydrogens (tertiary/aromatic N) is 1. The molecule has 1 saturated heterocycles. The van der Waals surface area contributed by atoms with Crippen molar-refractivity contribution in [3.63, 3.8) is 0 Å². The minimum atomic E-state index is -0.120. The largest absolute Gasteiger partial charge is 0.484 e. The third-order valence-electron chi connectivity index (χ3n) is 5.00. The Morgan fingerprint density at radius 3 is 2.36 bits per heavy atom. The predicted octanol–water partition coefficient (Wildman–Crippen LogP) is 3.44. The van der Waals surface area contributed by atoms with Crippen molar-refractivity contribution in [1.82, 2.24) is 10.2 Å². The van der Waals surface area contributed by atoms with Gasteiger partial charge in [-0.25, -0.2) is 0 Å². The van der Waals surface area contributed by atoms with Crippen molar-refractivity contribution in [2.75, 3.05) is 19.7 Å². The van der Waals surface area contributed by atoms with Crippen LogP contribution in [0, 0.1) is 0 Å². The molecule has 1 fully saturated rings. The summed E-state index contributed by atoms with van der Waals surface area (Å²) in [5.74, 6) is 0.643. The van der Waals surface area contributed by atoms with E-state index in [0.29, 0.717) is 24.4 Å². The summed E-state index contributed by atoms with van der Waals surface area (Å²) in [5, 5.41) is 3.02. The Bertz CT molecular complexity index is 766. The van der Waals surface area contributed by atoms with Crippen LogP contribution in [-0.2, 0) is 11.2 Å². The smallest absolute Gasteiger partial charge is 0.258 e. The fourth-order valence-electron chi connectivity index (χ4n) is 3.45. The van der Waals surface area contributed by atoms with Crippen LogP contribution in [0.1, 0.15) is 42.1 Å². The molecule has 2 aromatic rings. The highest BCUT2D eigenvalue weighted by atomic mass is 16.5. The molecule has 2 amide bonds. The summed E-state index contributed by atoms with van der Waals surface area (Å²) < 4.78 is 5.58. The predicted molar refractivity (Wildman–Crippen MR) is 109 cm³/mol. The van der Waals surface area contributed by atoms with Crippen molar-refractivity contribution in [3.8, 4) is 5.75 Å². The lowest BCUT2D eigenvalue weighted by Crippen LogP contribution is -2.47. The molecule has 3 rings (SSSR count). The Morgan fingerprint density at radius 1 is 1.04 bits per heavy atom. The summed E-state index contributed by atoms with van der Waals surface area (Å²) in [6.45, 7) is 3.46. The molecule has 0 atom stereocenters. The average Bonchev–Trinajstić information content (AvgIpc) is 2.74.